The summed E-state index contributed by atoms with van der Waals surface area (Å²) in [5, 5.41) is 3.52. The molecule has 1 atom stereocenters. The minimum Gasteiger partial charge on any atom is -0.355 e. The number of H-pyrrole nitrogens is 1. The van der Waals surface area contributed by atoms with Crippen LogP contribution < -0.4 is 5.32 Å². The summed E-state index contributed by atoms with van der Waals surface area (Å²) in [7, 11) is 0. The molecule has 1 aromatic rings. The van der Waals surface area contributed by atoms with Gasteiger partial charge < -0.3 is 10.3 Å². The number of carbonyl (C=O) groups is 2. The molecule has 1 aliphatic carbocycles. The zero-order valence-electron chi connectivity index (χ0n) is 14.9. The Hall–Kier alpha value is -1.42. The lowest BCUT2D eigenvalue weighted by molar-refractivity contribution is 0.0936. The molecule has 0 saturated heterocycles. The van der Waals surface area contributed by atoms with Gasteiger partial charge >= 0.3 is 0 Å². The van der Waals surface area contributed by atoms with Crippen molar-refractivity contribution in [3.63, 3.8) is 0 Å². The summed E-state index contributed by atoms with van der Waals surface area (Å²) < 4.78 is 0. The molecule has 1 heterocycles. The van der Waals surface area contributed by atoms with Crippen LogP contribution in [0.4, 0.5) is 0 Å². The number of aryl methyl sites for hydroxylation is 1. The number of ketones is 2. The molecule has 0 unspecified atom stereocenters. The maximum atomic E-state index is 12.8. The Morgan fingerprint density at radius 2 is 1.65 bits per heavy atom. The lowest BCUT2D eigenvalue weighted by atomic mass is 9.95. The summed E-state index contributed by atoms with van der Waals surface area (Å²) in [4.78, 5) is 27.6. The second-order valence-corrected chi connectivity index (χ2v) is 6.98. The molecule has 0 radical (unpaired) electrons. The SMILES string of the molecule is CC(=O)c1c(C)[nH]c(C(=O)[C@@H](C)NC2CCCCCCC2)c1C. The molecule has 1 fully saturated rings. The van der Waals surface area contributed by atoms with Crippen molar-refractivity contribution < 1.29 is 9.59 Å². The summed E-state index contributed by atoms with van der Waals surface area (Å²) in [6.07, 6.45) is 8.74. The van der Waals surface area contributed by atoms with E-state index in [1.165, 1.54) is 32.1 Å². The van der Waals surface area contributed by atoms with E-state index in [1.54, 1.807) is 6.92 Å². The molecule has 0 bridgehead atoms. The molecule has 23 heavy (non-hydrogen) atoms. The summed E-state index contributed by atoms with van der Waals surface area (Å²) in [5.74, 6) is 0.0658. The number of hydrogen-bond donors (Lipinski definition) is 2. The van der Waals surface area contributed by atoms with Crippen molar-refractivity contribution in [1.29, 1.82) is 0 Å². The second kappa shape index (κ2) is 7.91. The van der Waals surface area contributed by atoms with Crippen molar-refractivity contribution in [2.75, 3.05) is 0 Å². The molecule has 4 nitrogen and oxygen atoms in total. The highest BCUT2D eigenvalue weighted by atomic mass is 16.1. The maximum absolute atomic E-state index is 12.8. The molecule has 0 aromatic carbocycles. The summed E-state index contributed by atoms with van der Waals surface area (Å²) in [6, 6.07) is 0.203. The zero-order valence-corrected chi connectivity index (χ0v) is 14.9. The van der Waals surface area contributed by atoms with Crippen molar-refractivity contribution in [1.82, 2.24) is 10.3 Å². The van der Waals surface area contributed by atoms with Crippen LogP contribution in [0.15, 0.2) is 0 Å². The molecule has 0 spiro atoms. The predicted molar refractivity (Wildman–Crippen MR) is 93.3 cm³/mol. The first-order valence-electron chi connectivity index (χ1n) is 8.92. The van der Waals surface area contributed by atoms with Crippen LogP contribution in [0, 0.1) is 13.8 Å². The fourth-order valence-corrected chi connectivity index (χ4v) is 3.79. The molecule has 1 aromatic heterocycles. The van der Waals surface area contributed by atoms with E-state index in [0.29, 0.717) is 17.3 Å². The van der Waals surface area contributed by atoms with Gasteiger partial charge in [-0.1, -0.05) is 32.1 Å². The fourth-order valence-electron chi connectivity index (χ4n) is 3.79. The third kappa shape index (κ3) is 4.31. The normalized spacial score (nSPS) is 18.3. The lowest BCUT2D eigenvalue weighted by Crippen LogP contribution is -2.42. The molecular weight excluding hydrogens is 288 g/mol. The zero-order chi connectivity index (χ0) is 17.0. The molecule has 4 heteroatoms. The number of Topliss-reactive ketones (excluding diaryl/α,β-unsaturated/α-hetero) is 2. The van der Waals surface area contributed by atoms with E-state index in [9.17, 15) is 9.59 Å². The lowest BCUT2D eigenvalue weighted by Gasteiger charge is -2.24. The van der Waals surface area contributed by atoms with Crippen LogP contribution in [0.5, 0.6) is 0 Å². The minimum atomic E-state index is -0.226. The van der Waals surface area contributed by atoms with Gasteiger partial charge in [0.05, 0.1) is 11.7 Å². The van der Waals surface area contributed by atoms with Gasteiger partial charge in [0.2, 0.25) is 0 Å². The minimum absolute atomic E-state index is 0.0101. The Balaban J connectivity index is 2.07. The first-order valence-corrected chi connectivity index (χ1v) is 8.92. The standard InChI is InChI=1S/C19H30N2O2/c1-12-17(15(4)22)13(2)21-18(12)19(23)14(3)20-16-10-8-6-5-7-9-11-16/h14,16,20-21H,5-11H2,1-4H3/t14-/m1/s1. The number of nitrogens with one attached hydrogen (secondary N) is 2. The number of aromatic nitrogens is 1. The average molecular weight is 318 g/mol. The van der Waals surface area contributed by atoms with E-state index in [2.05, 4.69) is 10.3 Å². The number of hydrogen-bond acceptors (Lipinski definition) is 3. The third-order valence-corrected chi connectivity index (χ3v) is 5.02. The first kappa shape index (κ1) is 17.9. The molecule has 1 saturated carbocycles. The number of aromatic amines is 1. The highest BCUT2D eigenvalue weighted by Crippen LogP contribution is 2.21. The van der Waals surface area contributed by atoms with Crippen LogP contribution in [0.1, 0.15) is 90.9 Å². The molecule has 0 amide bonds. The Labute approximate surface area is 139 Å². The highest BCUT2D eigenvalue weighted by Gasteiger charge is 2.25. The van der Waals surface area contributed by atoms with Gasteiger partial charge in [0.1, 0.15) is 0 Å². The van der Waals surface area contributed by atoms with Gasteiger partial charge in [-0.3, -0.25) is 9.59 Å². The van der Waals surface area contributed by atoms with E-state index >= 15 is 0 Å². The first-order chi connectivity index (χ1) is 10.9. The van der Waals surface area contributed by atoms with Gasteiger partial charge in [0, 0.05) is 17.3 Å². The van der Waals surface area contributed by atoms with Gasteiger partial charge in [-0.15, -0.1) is 0 Å². The molecule has 128 valence electrons. The third-order valence-electron chi connectivity index (χ3n) is 5.02. The maximum Gasteiger partial charge on any atom is 0.195 e. The van der Waals surface area contributed by atoms with Crippen molar-refractivity contribution in [3.8, 4) is 0 Å². The van der Waals surface area contributed by atoms with Crippen molar-refractivity contribution in [2.45, 2.75) is 84.7 Å². The quantitative estimate of drug-likeness (QED) is 0.803. The van der Waals surface area contributed by atoms with Gasteiger partial charge in [-0.25, -0.2) is 0 Å². The molecule has 2 N–H and O–H groups in total. The van der Waals surface area contributed by atoms with E-state index in [-0.39, 0.29) is 17.6 Å². The Morgan fingerprint density at radius 1 is 1.09 bits per heavy atom. The summed E-state index contributed by atoms with van der Waals surface area (Å²) in [5.41, 5.74) is 2.81. The van der Waals surface area contributed by atoms with Gasteiger partial charge in [0.15, 0.2) is 11.6 Å². The fraction of sp³-hybridized carbons (Fsp3) is 0.684. The monoisotopic (exact) mass is 318 g/mol. The Bertz CT molecular complexity index is 566. The number of carbonyl (C=O) groups excluding carboxylic acids is 2. The van der Waals surface area contributed by atoms with Crippen molar-refractivity contribution in [2.24, 2.45) is 0 Å². The second-order valence-electron chi connectivity index (χ2n) is 6.98. The molecule has 2 rings (SSSR count). The average Bonchev–Trinajstić information content (AvgIpc) is 2.75. The van der Waals surface area contributed by atoms with E-state index in [4.69, 9.17) is 0 Å². The van der Waals surface area contributed by atoms with Crippen LogP contribution in [-0.4, -0.2) is 28.6 Å². The van der Waals surface area contributed by atoms with Crippen LogP contribution in [0.25, 0.3) is 0 Å². The van der Waals surface area contributed by atoms with E-state index in [1.807, 2.05) is 20.8 Å². The van der Waals surface area contributed by atoms with Crippen molar-refractivity contribution in [3.05, 3.63) is 22.5 Å². The van der Waals surface area contributed by atoms with Gasteiger partial charge in [-0.05, 0) is 46.1 Å². The van der Waals surface area contributed by atoms with Gasteiger partial charge in [0.25, 0.3) is 0 Å². The van der Waals surface area contributed by atoms with Crippen LogP contribution in [0.3, 0.4) is 0 Å². The highest BCUT2D eigenvalue weighted by molar-refractivity contribution is 6.05. The Kier molecular flexibility index (Phi) is 6.17. The largest absolute Gasteiger partial charge is 0.355 e. The van der Waals surface area contributed by atoms with E-state index < -0.39 is 0 Å². The molecular formula is C19H30N2O2. The summed E-state index contributed by atoms with van der Waals surface area (Å²) >= 11 is 0. The van der Waals surface area contributed by atoms with Gasteiger partial charge in [-0.2, -0.15) is 0 Å². The van der Waals surface area contributed by atoms with Crippen LogP contribution in [0.2, 0.25) is 0 Å². The van der Waals surface area contributed by atoms with Crippen molar-refractivity contribution >= 4 is 11.6 Å². The number of rotatable bonds is 5. The molecule has 1 aliphatic rings. The smallest absolute Gasteiger partial charge is 0.195 e. The summed E-state index contributed by atoms with van der Waals surface area (Å²) in [6.45, 7) is 7.20. The molecule has 0 aliphatic heterocycles. The van der Waals surface area contributed by atoms with Crippen LogP contribution >= 0.6 is 0 Å². The topological polar surface area (TPSA) is 62.0 Å². The Morgan fingerprint density at radius 3 is 2.17 bits per heavy atom. The predicted octanol–water partition coefficient (Wildman–Crippen LogP) is 4.11. The van der Waals surface area contributed by atoms with Crippen LogP contribution in [-0.2, 0) is 0 Å². The van der Waals surface area contributed by atoms with E-state index in [0.717, 1.165) is 24.1 Å².